The summed E-state index contributed by atoms with van der Waals surface area (Å²) in [5.74, 6) is -0.789. The molecule has 1 atom stereocenters. The Labute approximate surface area is 97.6 Å². The maximum absolute atomic E-state index is 13.1. The molecule has 4 nitrogen and oxygen atoms in total. The number of nitrogens with zero attached hydrogens (tertiary/aromatic N) is 1. The number of anilines is 1. The van der Waals surface area contributed by atoms with E-state index in [0.717, 1.165) is 12.5 Å². The van der Waals surface area contributed by atoms with E-state index in [1.165, 1.54) is 6.07 Å². The first-order valence-electron chi connectivity index (χ1n) is 4.85. The van der Waals surface area contributed by atoms with Crippen molar-refractivity contribution in [3.8, 4) is 0 Å². The molecule has 88 valence electrons. The first-order chi connectivity index (χ1) is 7.45. The zero-order chi connectivity index (χ0) is 12.3. The second-order valence-electron chi connectivity index (χ2n) is 3.49. The van der Waals surface area contributed by atoms with Crippen LogP contribution in [0.4, 0.5) is 15.8 Å². The molecule has 0 radical (unpaired) electrons. The first kappa shape index (κ1) is 12.7. The third-order valence-electron chi connectivity index (χ3n) is 2.25. The standard InChI is InChI=1S/C10H12ClFN2O2/c1-3-6(2)13-9-4-7(11)8(12)5-10(9)14(15)16/h4-6,13H,3H2,1-2H3. The molecule has 1 aromatic carbocycles. The molecule has 6 heteroatoms. The Morgan fingerprint density at radius 1 is 1.62 bits per heavy atom. The molecule has 0 spiro atoms. The van der Waals surface area contributed by atoms with Crippen molar-refractivity contribution in [1.29, 1.82) is 0 Å². The summed E-state index contributed by atoms with van der Waals surface area (Å²) in [6.07, 6.45) is 0.798. The average molecular weight is 247 g/mol. The van der Waals surface area contributed by atoms with E-state index in [2.05, 4.69) is 5.32 Å². The van der Waals surface area contributed by atoms with E-state index < -0.39 is 10.7 Å². The predicted octanol–water partition coefficient (Wildman–Crippen LogP) is 3.60. The highest BCUT2D eigenvalue weighted by atomic mass is 35.5. The number of halogens is 2. The molecular formula is C10H12ClFN2O2. The van der Waals surface area contributed by atoms with Crippen LogP contribution in [0.1, 0.15) is 20.3 Å². The van der Waals surface area contributed by atoms with Gasteiger partial charge in [0.15, 0.2) is 0 Å². The molecule has 1 rings (SSSR count). The van der Waals surface area contributed by atoms with Crippen molar-refractivity contribution in [3.05, 3.63) is 33.1 Å². The van der Waals surface area contributed by atoms with Crippen LogP contribution in [-0.4, -0.2) is 11.0 Å². The lowest BCUT2D eigenvalue weighted by atomic mass is 10.2. The SMILES string of the molecule is CCC(C)Nc1cc(Cl)c(F)cc1[N+](=O)[O-]. The van der Waals surface area contributed by atoms with Crippen LogP contribution in [0.5, 0.6) is 0 Å². The van der Waals surface area contributed by atoms with Gasteiger partial charge in [0.25, 0.3) is 5.69 Å². The lowest BCUT2D eigenvalue weighted by molar-refractivity contribution is -0.384. The number of hydrogen-bond acceptors (Lipinski definition) is 3. The fraction of sp³-hybridized carbons (Fsp3) is 0.400. The molecule has 0 heterocycles. The summed E-state index contributed by atoms with van der Waals surface area (Å²) in [4.78, 5) is 10.1. The van der Waals surface area contributed by atoms with Crippen molar-refractivity contribution >= 4 is 23.0 Å². The lowest BCUT2D eigenvalue weighted by Gasteiger charge is -2.13. The molecule has 0 fully saturated rings. The Balaban J connectivity index is 3.14. The summed E-state index contributed by atoms with van der Waals surface area (Å²) in [6.45, 7) is 3.82. The molecule has 0 amide bonds. The van der Waals surface area contributed by atoms with Gasteiger partial charge in [-0.3, -0.25) is 10.1 Å². The molecule has 16 heavy (non-hydrogen) atoms. The van der Waals surface area contributed by atoms with E-state index in [1.807, 2.05) is 13.8 Å². The van der Waals surface area contributed by atoms with Gasteiger partial charge < -0.3 is 5.32 Å². The van der Waals surface area contributed by atoms with Crippen molar-refractivity contribution in [3.63, 3.8) is 0 Å². The fourth-order valence-corrected chi connectivity index (χ4v) is 1.33. The van der Waals surface area contributed by atoms with Crippen LogP contribution in [-0.2, 0) is 0 Å². The summed E-state index contributed by atoms with van der Waals surface area (Å²) in [6, 6.07) is 2.12. The number of nitrogens with one attached hydrogen (secondary N) is 1. The monoisotopic (exact) mass is 246 g/mol. The summed E-state index contributed by atoms with van der Waals surface area (Å²) in [5, 5.41) is 13.5. The second-order valence-corrected chi connectivity index (χ2v) is 3.90. The molecular weight excluding hydrogens is 235 g/mol. The van der Waals surface area contributed by atoms with Crippen LogP contribution < -0.4 is 5.32 Å². The Bertz CT molecular complexity index is 412. The molecule has 1 N–H and O–H groups in total. The maximum Gasteiger partial charge on any atom is 0.295 e. The first-order valence-corrected chi connectivity index (χ1v) is 5.23. The average Bonchev–Trinajstić information content (AvgIpc) is 2.22. The highest BCUT2D eigenvalue weighted by Gasteiger charge is 2.18. The molecule has 0 aromatic heterocycles. The minimum atomic E-state index is -0.789. The van der Waals surface area contributed by atoms with Gasteiger partial charge in [-0.2, -0.15) is 0 Å². The summed E-state index contributed by atoms with van der Waals surface area (Å²) >= 11 is 5.58. The van der Waals surface area contributed by atoms with Crippen LogP contribution in [0.15, 0.2) is 12.1 Å². The topological polar surface area (TPSA) is 55.2 Å². The maximum atomic E-state index is 13.1. The van der Waals surface area contributed by atoms with Crippen molar-refractivity contribution in [1.82, 2.24) is 0 Å². The number of rotatable bonds is 4. The zero-order valence-corrected chi connectivity index (χ0v) is 9.71. The van der Waals surface area contributed by atoms with Gasteiger partial charge in [0.2, 0.25) is 0 Å². The highest BCUT2D eigenvalue weighted by Crippen LogP contribution is 2.30. The molecule has 0 bridgehead atoms. The second kappa shape index (κ2) is 5.12. The Kier molecular flexibility index (Phi) is 4.06. The summed E-state index contributed by atoms with van der Waals surface area (Å²) in [5.41, 5.74) is -0.0621. The number of nitro groups is 1. The molecule has 0 aliphatic heterocycles. The van der Waals surface area contributed by atoms with Gasteiger partial charge >= 0.3 is 0 Å². The molecule has 0 aliphatic carbocycles. The van der Waals surface area contributed by atoms with Crippen molar-refractivity contribution in [2.24, 2.45) is 0 Å². The number of nitro benzene ring substituents is 1. The molecule has 1 aromatic rings. The zero-order valence-electron chi connectivity index (χ0n) is 8.96. The Hall–Kier alpha value is -1.36. The fourth-order valence-electron chi connectivity index (χ4n) is 1.17. The third kappa shape index (κ3) is 2.82. The van der Waals surface area contributed by atoms with Crippen LogP contribution in [0.25, 0.3) is 0 Å². The number of benzene rings is 1. The quantitative estimate of drug-likeness (QED) is 0.652. The van der Waals surface area contributed by atoms with Gasteiger partial charge in [-0.05, 0) is 19.4 Å². The predicted molar refractivity (Wildman–Crippen MR) is 61.4 cm³/mol. The minimum Gasteiger partial charge on any atom is -0.377 e. The summed E-state index contributed by atoms with van der Waals surface area (Å²) in [7, 11) is 0. The smallest absolute Gasteiger partial charge is 0.295 e. The van der Waals surface area contributed by atoms with Crippen molar-refractivity contribution in [2.75, 3.05) is 5.32 Å². The highest BCUT2D eigenvalue weighted by molar-refractivity contribution is 6.31. The Morgan fingerprint density at radius 2 is 2.25 bits per heavy atom. The van der Waals surface area contributed by atoms with E-state index >= 15 is 0 Å². The van der Waals surface area contributed by atoms with E-state index in [0.29, 0.717) is 0 Å². The van der Waals surface area contributed by atoms with E-state index in [9.17, 15) is 14.5 Å². The molecule has 0 aliphatic rings. The van der Waals surface area contributed by atoms with Crippen LogP contribution >= 0.6 is 11.6 Å². The van der Waals surface area contributed by atoms with Crippen molar-refractivity contribution in [2.45, 2.75) is 26.3 Å². The van der Waals surface area contributed by atoms with Gasteiger partial charge in [0.05, 0.1) is 16.0 Å². The van der Waals surface area contributed by atoms with Gasteiger partial charge in [-0.15, -0.1) is 0 Å². The molecule has 1 unspecified atom stereocenters. The Morgan fingerprint density at radius 3 is 2.75 bits per heavy atom. The largest absolute Gasteiger partial charge is 0.377 e. The van der Waals surface area contributed by atoms with E-state index in [-0.39, 0.29) is 22.4 Å². The van der Waals surface area contributed by atoms with Crippen LogP contribution in [0, 0.1) is 15.9 Å². The van der Waals surface area contributed by atoms with Crippen LogP contribution in [0.2, 0.25) is 5.02 Å². The van der Waals surface area contributed by atoms with E-state index in [1.54, 1.807) is 0 Å². The van der Waals surface area contributed by atoms with Gasteiger partial charge in [0.1, 0.15) is 11.5 Å². The van der Waals surface area contributed by atoms with Gasteiger partial charge in [-0.25, -0.2) is 4.39 Å². The molecule has 0 saturated carbocycles. The van der Waals surface area contributed by atoms with E-state index in [4.69, 9.17) is 11.6 Å². The third-order valence-corrected chi connectivity index (χ3v) is 2.54. The van der Waals surface area contributed by atoms with Crippen molar-refractivity contribution < 1.29 is 9.31 Å². The van der Waals surface area contributed by atoms with Gasteiger partial charge in [0, 0.05) is 6.04 Å². The number of hydrogen-bond donors (Lipinski definition) is 1. The van der Waals surface area contributed by atoms with Crippen LogP contribution in [0.3, 0.4) is 0 Å². The molecule has 0 saturated heterocycles. The minimum absolute atomic E-state index is 0.0558. The normalized spacial score (nSPS) is 12.2. The lowest BCUT2D eigenvalue weighted by Crippen LogP contribution is -2.14. The summed E-state index contributed by atoms with van der Waals surface area (Å²) < 4.78 is 13.1. The van der Waals surface area contributed by atoms with Gasteiger partial charge in [-0.1, -0.05) is 18.5 Å².